The number of rotatable bonds is 9. The number of carbonyl (C=O) groups is 2. The Labute approximate surface area is 183 Å². The van der Waals surface area contributed by atoms with Gasteiger partial charge in [0.2, 0.25) is 5.91 Å². The van der Waals surface area contributed by atoms with Crippen LogP contribution in [0.25, 0.3) is 0 Å². The SMILES string of the molecule is O=C(O)CCCC(=O)N(Cc1ccccc1)C[C@@H]1C[C@H](O)[C@@H](n2ccc(=O)[nH]c2=O)[C@@H]1O. The summed E-state index contributed by atoms with van der Waals surface area (Å²) < 4.78 is 1.10. The molecule has 0 radical (unpaired) electrons. The van der Waals surface area contributed by atoms with E-state index in [1.54, 1.807) is 4.90 Å². The normalized spacial score (nSPS) is 22.6. The van der Waals surface area contributed by atoms with Gasteiger partial charge in [0, 0.05) is 44.1 Å². The Hall–Kier alpha value is -3.24. The lowest BCUT2D eigenvalue weighted by atomic mass is 10.0. The number of aliphatic hydroxyl groups is 2. The van der Waals surface area contributed by atoms with Crippen molar-refractivity contribution < 1.29 is 24.9 Å². The van der Waals surface area contributed by atoms with Gasteiger partial charge >= 0.3 is 11.7 Å². The van der Waals surface area contributed by atoms with E-state index in [1.807, 2.05) is 30.3 Å². The third kappa shape index (κ3) is 5.71. The average molecular weight is 445 g/mol. The summed E-state index contributed by atoms with van der Waals surface area (Å²) in [6.45, 7) is 0.406. The summed E-state index contributed by atoms with van der Waals surface area (Å²) in [6.07, 6.45) is -0.645. The van der Waals surface area contributed by atoms with Crippen LogP contribution in [0.3, 0.4) is 0 Å². The third-order valence-corrected chi connectivity index (χ3v) is 5.75. The first-order valence-electron chi connectivity index (χ1n) is 10.5. The van der Waals surface area contributed by atoms with Gasteiger partial charge in [0.25, 0.3) is 5.56 Å². The molecule has 10 nitrogen and oxygen atoms in total. The number of hydrogen-bond donors (Lipinski definition) is 4. The van der Waals surface area contributed by atoms with Crippen LogP contribution in [0, 0.1) is 5.92 Å². The van der Waals surface area contributed by atoms with E-state index in [2.05, 4.69) is 4.98 Å². The van der Waals surface area contributed by atoms with Crippen LogP contribution < -0.4 is 11.2 Å². The predicted octanol–water partition coefficient (Wildman–Crippen LogP) is 0.103. The van der Waals surface area contributed by atoms with E-state index in [1.165, 1.54) is 6.20 Å². The van der Waals surface area contributed by atoms with Crippen LogP contribution in [0.15, 0.2) is 52.2 Å². The Morgan fingerprint density at radius 1 is 1.09 bits per heavy atom. The first kappa shape index (κ1) is 23.4. The van der Waals surface area contributed by atoms with Gasteiger partial charge in [-0.2, -0.15) is 0 Å². The summed E-state index contributed by atoms with van der Waals surface area (Å²) in [6, 6.07) is 9.45. The number of carbonyl (C=O) groups excluding carboxylic acids is 1. The molecule has 32 heavy (non-hydrogen) atoms. The minimum absolute atomic E-state index is 0.0489. The van der Waals surface area contributed by atoms with Gasteiger partial charge in [0.05, 0.1) is 18.2 Å². The molecular formula is C22H27N3O7. The lowest BCUT2D eigenvalue weighted by molar-refractivity contribution is -0.137. The molecule has 0 unspecified atom stereocenters. The highest BCUT2D eigenvalue weighted by molar-refractivity contribution is 5.77. The number of carboxylic acid groups (broad SMARTS) is 1. The number of benzene rings is 1. The first-order chi connectivity index (χ1) is 15.3. The maximum atomic E-state index is 12.8. The molecule has 10 heteroatoms. The van der Waals surface area contributed by atoms with E-state index in [0.29, 0.717) is 0 Å². The molecule has 0 spiro atoms. The second kappa shape index (κ2) is 10.4. The van der Waals surface area contributed by atoms with Gasteiger partial charge in [-0.3, -0.25) is 23.9 Å². The molecule has 1 aliphatic rings. The van der Waals surface area contributed by atoms with Gasteiger partial charge < -0.3 is 20.2 Å². The number of aliphatic carboxylic acids is 1. The molecule has 1 aliphatic carbocycles. The van der Waals surface area contributed by atoms with Crippen molar-refractivity contribution in [1.29, 1.82) is 0 Å². The zero-order valence-electron chi connectivity index (χ0n) is 17.5. The number of aliphatic hydroxyl groups excluding tert-OH is 2. The van der Waals surface area contributed by atoms with Crippen molar-refractivity contribution in [1.82, 2.24) is 14.5 Å². The zero-order valence-corrected chi connectivity index (χ0v) is 17.5. The molecule has 4 atom stereocenters. The molecule has 1 fully saturated rings. The van der Waals surface area contributed by atoms with E-state index in [-0.39, 0.29) is 44.7 Å². The number of aromatic nitrogens is 2. The lowest BCUT2D eigenvalue weighted by Crippen LogP contribution is -2.41. The highest BCUT2D eigenvalue weighted by Crippen LogP contribution is 2.35. The largest absolute Gasteiger partial charge is 0.481 e. The van der Waals surface area contributed by atoms with Crippen molar-refractivity contribution in [2.24, 2.45) is 5.92 Å². The average Bonchev–Trinajstić information content (AvgIpc) is 3.01. The Kier molecular flexibility index (Phi) is 7.60. The molecule has 0 saturated heterocycles. The van der Waals surface area contributed by atoms with Gasteiger partial charge in [-0.1, -0.05) is 30.3 Å². The van der Waals surface area contributed by atoms with Crippen molar-refractivity contribution in [3.05, 3.63) is 69.0 Å². The maximum absolute atomic E-state index is 12.8. The Balaban J connectivity index is 1.77. The summed E-state index contributed by atoms with van der Waals surface area (Å²) in [7, 11) is 0. The number of nitrogens with zero attached hydrogens (tertiary/aromatic N) is 2. The van der Waals surface area contributed by atoms with E-state index in [0.717, 1.165) is 16.2 Å². The number of amides is 1. The predicted molar refractivity (Wildman–Crippen MR) is 114 cm³/mol. The topological polar surface area (TPSA) is 153 Å². The van der Waals surface area contributed by atoms with Crippen LogP contribution in [0.5, 0.6) is 0 Å². The van der Waals surface area contributed by atoms with E-state index in [9.17, 15) is 29.4 Å². The summed E-state index contributed by atoms with van der Waals surface area (Å²) in [5.41, 5.74) is -0.432. The van der Waals surface area contributed by atoms with Crippen LogP contribution in [0.1, 0.15) is 37.3 Å². The number of carboxylic acids is 1. The first-order valence-corrected chi connectivity index (χ1v) is 10.5. The minimum atomic E-state index is -1.13. The highest BCUT2D eigenvalue weighted by atomic mass is 16.4. The lowest BCUT2D eigenvalue weighted by Gasteiger charge is -2.28. The van der Waals surface area contributed by atoms with Gasteiger partial charge in [0.1, 0.15) is 0 Å². The summed E-state index contributed by atoms with van der Waals surface area (Å²) >= 11 is 0. The number of aromatic amines is 1. The van der Waals surface area contributed by atoms with Crippen molar-refractivity contribution >= 4 is 11.9 Å². The molecule has 1 heterocycles. The fraction of sp³-hybridized carbons (Fsp3) is 0.455. The van der Waals surface area contributed by atoms with Crippen LogP contribution >= 0.6 is 0 Å². The highest BCUT2D eigenvalue weighted by Gasteiger charge is 2.44. The molecule has 1 amide bonds. The Morgan fingerprint density at radius 3 is 2.47 bits per heavy atom. The number of nitrogens with one attached hydrogen (secondary N) is 1. The van der Waals surface area contributed by atoms with Crippen molar-refractivity contribution in [2.75, 3.05) is 6.54 Å². The van der Waals surface area contributed by atoms with Gasteiger partial charge in [-0.05, 0) is 18.4 Å². The maximum Gasteiger partial charge on any atom is 0.328 e. The smallest absolute Gasteiger partial charge is 0.328 e. The fourth-order valence-corrected chi connectivity index (χ4v) is 4.18. The molecule has 4 N–H and O–H groups in total. The fourth-order valence-electron chi connectivity index (χ4n) is 4.18. The quantitative estimate of drug-likeness (QED) is 0.427. The molecule has 2 aromatic rings. The minimum Gasteiger partial charge on any atom is -0.481 e. The Bertz CT molecular complexity index is 1050. The van der Waals surface area contributed by atoms with Gasteiger partial charge in [-0.25, -0.2) is 4.79 Å². The molecule has 0 bridgehead atoms. The van der Waals surface area contributed by atoms with E-state index in [4.69, 9.17) is 5.11 Å². The second-order valence-electron chi connectivity index (χ2n) is 8.07. The number of H-pyrrole nitrogens is 1. The molecule has 0 aliphatic heterocycles. The Morgan fingerprint density at radius 2 is 1.81 bits per heavy atom. The van der Waals surface area contributed by atoms with Crippen LogP contribution in [0.2, 0.25) is 0 Å². The molecule has 3 rings (SSSR count). The van der Waals surface area contributed by atoms with Crippen LogP contribution in [-0.4, -0.2) is 60.4 Å². The van der Waals surface area contributed by atoms with Gasteiger partial charge in [0.15, 0.2) is 0 Å². The van der Waals surface area contributed by atoms with Gasteiger partial charge in [-0.15, -0.1) is 0 Å². The summed E-state index contributed by atoms with van der Waals surface area (Å²) in [4.78, 5) is 50.8. The summed E-state index contributed by atoms with van der Waals surface area (Å²) in [5.74, 6) is -1.74. The molecule has 1 aromatic heterocycles. The molecule has 1 saturated carbocycles. The monoisotopic (exact) mass is 445 g/mol. The standard InChI is InChI=1S/C22H27N3O7/c26-16-11-15(21(31)20(16)25-10-9-17(27)23-22(25)32)13-24(12-14-5-2-1-3-6-14)18(28)7-4-8-19(29)30/h1-3,5-6,9-10,15-16,20-21,26,31H,4,7-8,11-13H2,(H,29,30)(H,23,27,32)/t15-,16-,20+,21+/m0/s1. The second-order valence-corrected chi connectivity index (χ2v) is 8.07. The third-order valence-electron chi connectivity index (χ3n) is 5.75. The van der Waals surface area contributed by atoms with Crippen LogP contribution in [-0.2, 0) is 16.1 Å². The van der Waals surface area contributed by atoms with Crippen molar-refractivity contribution in [2.45, 2.75) is 50.5 Å². The molecule has 172 valence electrons. The zero-order chi connectivity index (χ0) is 23.3. The van der Waals surface area contributed by atoms with Crippen molar-refractivity contribution in [3.8, 4) is 0 Å². The molecule has 1 aromatic carbocycles. The van der Waals surface area contributed by atoms with Crippen LogP contribution in [0.4, 0.5) is 0 Å². The molecular weight excluding hydrogens is 418 g/mol. The number of hydrogen-bond acceptors (Lipinski definition) is 6. The summed E-state index contributed by atoms with van der Waals surface area (Å²) in [5, 5.41) is 30.3. The van der Waals surface area contributed by atoms with Crippen molar-refractivity contribution in [3.63, 3.8) is 0 Å². The van der Waals surface area contributed by atoms with E-state index >= 15 is 0 Å². The van der Waals surface area contributed by atoms with E-state index < -0.39 is 41.4 Å².